The Balaban J connectivity index is 3.18. The number of aliphatic carboxylic acids is 1. The Morgan fingerprint density at radius 3 is 2.53 bits per heavy atom. The third-order valence-electron chi connectivity index (χ3n) is 2.24. The fourth-order valence-electron chi connectivity index (χ4n) is 1.37. The standard InChI is InChI=1S/C12H13I3N2O2/c1-17(2)6-16-12-9(14)5-8(13)7(11(12)15)3-4-10(18)19/h5-6H,3-4H2,1-2H3,(H,18,19)/p-1. The molecule has 0 saturated carbocycles. The summed E-state index contributed by atoms with van der Waals surface area (Å²) in [7, 11) is 3.82. The van der Waals surface area contributed by atoms with Gasteiger partial charge in [0.2, 0.25) is 0 Å². The normalized spacial score (nSPS) is 11.0. The molecule has 0 spiro atoms. The van der Waals surface area contributed by atoms with E-state index in [1.54, 1.807) is 6.34 Å². The third kappa shape index (κ3) is 5.33. The molecular weight excluding hydrogens is 585 g/mol. The monoisotopic (exact) mass is 597 g/mol. The molecule has 0 radical (unpaired) electrons. The van der Waals surface area contributed by atoms with Crippen molar-refractivity contribution >= 4 is 85.8 Å². The molecule has 1 aromatic rings. The van der Waals surface area contributed by atoms with Gasteiger partial charge < -0.3 is 14.8 Å². The number of rotatable bonds is 5. The summed E-state index contributed by atoms with van der Waals surface area (Å²) in [5, 5.41) is 10.6. The maximum Gasteiger partial charge on any atom is 0.0917 e. The molecular formula is C12H12I3N2O2-. The van der Waals surface area contributed by atoms with Gasteiger partial charge in [-0.2, -0.15) is 0 Å². The van der Waals surface area contributed by atoms with Crippen LogP contribution >= 0.6 is 67.8 Å². The largest absolute Gasteiger partial charge is 0.550 e. The lowest BCUT2D eigenvalue weighted by atomic mass is 10.1. The number of carboxylic acid groups (broad SMARTS) is 1. The van der Waals surface area contributed by atoms with Crippen LogP contribution in [0.15, 0.2) is 11.1 Å². The molecule has 7 heteroatoms. The van der Waals surface area contributed by atoms with Gasteiger partial charge in [-0.3, -0.25) is 0 Å². The summed E-state index contributed by atoms with van der Waals surface area (Å²) in [5.41, 5.74) is 1.92. The maximum absolute atomic E-state index is 10.6. The Morgan fingerprint density at radius 2 is 2.00 bits per heavy atom. The van der Waals surface area contributed by atoms with Gasteiger partial charge in [0.1, 0.15) is 0 Å². The minimum Gasteiger partial charge on any atom is -0.550 e. The number of carbonyl (C=O) groups is 1. The lowest BCUT2D eigenvalue weighted by Gasteiger charge is -2.13. The average molecular weight is 597 g/mol. The van der Waals surface area contributed by atoms with Crippen LogP contribution in [0.1, 0.15) is 12.0 Å². The number of hydrogen-bond donors (Lipinski definition) is 0. The molecule has 4 nitrogen and oxygen atoms in total. The lowest BCUT2D eigenvalue weighted by molar-refractivity contribution is -0.305. The van der Waals surface area contributed by atoms with Gasteiger partial charge in [0, 0.05) is 30.8 Å². The second kappa shape index (κ2) is 7.96. The number of carbonyl (C=O) groups excluding carboxylic acids is 1. The van der Waals surface area contributed by atoms with E-state index in [9.17, 15) is 9.90 Å². The van der Waals surface area contributed by atoms with E-state index in [1.165, 1.54) is 0 Å². The zero-order chi connectivity index (χ0) is 14.6. The Morgan fingerprint density at radius 1 is 1.37 bits per heavy atom. The van der Waals surface area contributed by atoms with Crippen LogP contribution in [0.3, 0.4) is 0 Å². The second-order valence-corrected chi connectivity index (χ2v) is 7.46. The fraction of sp³-hybridized carbons (Fsp3) is 0.333. The number of aliphatic imine (C=N–C) groups is 1. The van der Waals surface area contributed by atoms with Gasteiger partial charge in [-0.25, -0.2) is 4.99 Å². The van der Waals surface area contributed by atoms with E-state index in [0.717, 1.165) is 22.0 Å². The molecule has 0 aliphatic carbocycles. The number of nitrogens with zero attached hydrogens (tertiary/aromatic N) is 2. The lowest BCUT2D eigenvalue weighted by Crippen LogP contribution is -2.22. The van der Waals surface area contributed by atoms with Gasteiger partial charge in [0.25, 0.3) is 0 Å². The molecule has 0 saturated heterocycles. The van der Waals surface area contributed by atoms with Gasteiger partial charge in [0.05, 0.1) is 12.0 Å². The van der Waals surface area contributed by atoms with Crippen LogP contribution in [0.2, 0.25) is 0 Å². The quantitative estimate of drug-likeness (QED) is 0.298. The predicted molar refractivity (Wildman–Crippen MR) is 99.8 cm³/mol. The van der Waals surface area contributed by atoms with E-state index in [4.69, 9.17) is 0 Å². The van der Waals surface area contributed by atoms with Gasteiger partial charge in [-0.1, -0.05) is 0 Å². The number of carboxylic acids is 1. The molecule has 1 rings (SSSR count). The molecule has 0 N–H and O–H groups in total. The molecule has 0 amide bonds. The van der Waals surface area contributed by atoms with Crippen LogP contribution in [-0.2, 0) is 11.2 Å². The van der Waals surface area contributed by atoms with E-state index >= 15 is 0 Å². The van der Waals surface area contributed by atoms with Crippen molar-refractivity contribution in [1.29, 1.82) is 0 Å². The summed E-state index contributed by atoms with van der Waals surface area (Å²) in [6, 6.07) is 2.02. The van der Waals surface area contributed by atoms with Crippen LogP contribution in [0.5, 0.6) is 0 Å². The Kier molecular flexibility index (Phi) is 7.29. The molecule has 0 heterocycles. The molecule has 0 fully saturated rings. The second-order valence-electron chi connectivity index (χ2n) is 4.06. The van der Waals surface area contributed by atoms with Crippen molar-refractivity contribution in [3.05, 3.63) is 22.3 Å². The fourth-order valence-corrected chi connectivity index (χ4v) is 5.56. The molecule has 0 aliphatic rings. The molecule has 0 bridgehead atoms. The van der Waals surface area contributed by atoms with E-state index in [0.29, 0.717) is 6.42 Å². The molecule has 104 valence electrons. The Hall–Kier alpha value is 0.350. The van der Waals surface area contributed by atoms with Crippen LogP contribution in [0, 0.1) is 10.7 Å². The van der Waals surface area contributed by atoms with Crippen molar-refractivity contribution in [3.8, 4) is 0 Å². The summed E-state index contributed by atoms with van der Waals surface area (Å²) in [6.45, 7) is 0. The highest BCUT2D eigenvalue weighted by atomic mass is 127. The molecule has 1 aromatic carbocycles. The highest BCUT2D eigenvalue weighted by Gasteiger charge is 2.13. The van der Waals surface area contributed by atoms with Crippen molar-refractivity contribution < 1.29 is 9.90 Å². The maximum atomic E-state index is 10.6. The van der Waals surface area contributed by atoms with E-state index in [1.807, 2.05) is 25.1 Å². The van der Waals surface area contributed by atoms with Crippen LogP contribution in [0.25, 0.3) is 0 Å². The first kappa shape index (κ1) is 17.4. The van der Waals surface area contributed by atoms with Gasteiger partial charge in [-0.05, 0) is 92.2 Å². The summed E-state index contributed by atoms with van der Waals surface area (Å²) in [5.74, 6) is -1.02. The zero-order valence-corrected chi connectivity index (χ0v) is 16.9. The predicted octanol–water partition coefficient (Wildman–Crippen LogP) is 2.40. The van der Waals surface area contributed by atoms with Crippen molar-refractivity contribution in [1.82, 2.24) is 4.90 Å². The Labute approximate surface area is 153 Å². The molecule has 0 unspecified atom stereocenters. The number of benzene rings is 1. The number of hydrogen-bond acceptors (Lipinski definition) is 3. The minimum atomic E-state index is -1.02. The van der Waals surface area contributed by atoms with Crippen molar-refractivity contribution in [2.75, 3.05) is 14.1 Å². The first-order chi connectivity index (χ1) is 8.82. The molecule has 19 heavy (non-hydrogen) atoms. The molecule has 0 aliphatic heterocycles. The zero-order valence-electron chi connectivity index (χ0n) is 10.4. The highest BCUT2D eigenvalue weighted by Crippen LogP contribution is 2.34. The summed E-state index contributed by atoms with van der Waals surface area (Å²) in [6.07, 6.45) is 2.25. The van der Waals surface area contributed by atoms with Crippen molar-refractivity contribution in [2.45, 2.75) is 12.8 Å². The smallest absolute Gasteiger partial charge is 0.0917 e. The summed E-state index contributed by atoms with van der Waals surface area (Å²) in [4.78, 5) is 16.9. The SMILES string of the molecule is CN(C)C=Nc1c(I)cc(I)c(CCC(=O)[O-])c1I. The topological polar surface area (TPSA) is 55.7 Å². The minimum absolute atomic E-state index is 0.0312. The van der Waals surface area contributed by atoms with E-state index < -0.39 is 5.97 Å². The van der Waals surface area contributed by atoms with Gasteiger partial charge in [-0.15, -0.1) is 0 Å². The first-order valence-corrected chi connectivity index (χ1v) is 8.63. The first-order valence-electron chi connectivity index (χ1n) is 5.39. The molecule has 0 atom stereocenters. The third-order valence-corrected chi connectivity index (χ3v) is 5.18. The molecule has 0 aromatic heterocycles. The van der Waals surface area contributed by atoms with Crippen LogP contribution < -0.4 is 5.11 Å². The highest BCUT2D eigenvalue weighted by molar-refractivity contribution is 14.1. The summed E-state index contributed by atoms with van der Waals surface area (Å²) < 4.78 is 3.13. The Bertz CT molecular complexity index is 516. The average Bonchev–Trinajstić information content (AvgIpc) is 2.27. The summed E-state index contributed by atoms with van der Waals surface area (Å²) >= 11 is 6.71. The van der Waals surface area contributed by atoms with Crippen LogP contribution in [-0.4, -0.2) is 31.3 Å². The van der Waals surface area contributed by atoms with Gasteiger partial charge in [0.15, 0.2) is 0 Å². The van der Waals surface area contributed by atoms with Crippen molar-refractivity contribution in [3.63, 3.8) is 0 Å². The number of halogens is 3. The van der Waals surface area contributed by atoms with E-state index in [-0.39, 0.29) is 6.42 Å². The van der Waals surface area contributed by atoms with Gasteiger partial charge >= 0.3 is 0 Å². The van der Waals surface area contributed by atoms with Crippen molar-refractivity contribution in [2.24, 2.45) is 4.99 Å². The van der Waals surface area contributed by atoms with Crippen LogP contribution in [0.4, 0.5) is 5.69 Å². The van der Waals surface area contributed by atoms with E-state index in [2.05, 4.69) is 72.8 Å².